The lowest BCUT2D eigenvalue weighted by Crippen LogP contribution is -2.41. The second-order valence-electron chi connectivity index (χ2n) is 7.35. The molecule has 2 amide bonds. The number of nitrogens with zero attached hydrogens (tertiary/aromatic N) is 1. The molecule has 0 unspecified atom stereocenters. The van der Waals surface area contributed by atoms with Gasteiger partial charge in [-0.25, -0.2) is 22.3 Å². The number of amides is 2. The average molecular weight is 495 g/mol. The number of urea groups is 1. The maximum absolute atomic E-state index is 13.2. The maximum Gasteiger partial charge on any atom is 0.416 e. The van der Waals surface area contributed by atoms with Crippen LogP contribution in [-0.2, 0) is 16.2 Å². The first kappa shape index (κ1) is 25.2. The van der Waals surface area contributed by atoms with Gasteiger partial charge in [-0.15, -0.1) is 0 Å². The Hall–Kier alpha value is -3.44. The van der Waals surface area contributed by atoms with Gasteiger partial charge in [0.25, 0.3) is 0 Å². The molecule has 0 aliphatic heterocycles. The number of hydrogen-bond acceptors (Lipinski definition) is 3. The number of sulfonamides is 1. The van der Waals surface area contributed by atoms with Crippen molar-refractivity contribution in [1.29, 1.82) is 0 Å². The van der Waals surface area contributed by atoms with E-state index in [0.29, 0.717) is 5.69 Å². The number of nitrogens with one attached hydrogen (secondary N) is 2. The molecule has 11 heteroatoms. The van der Waals surface area contributed by atoms with Gasteiger partial charge in [0, 0.05) is 24.5 Å². The van der Waals surface area contributed by atoms with E-state index in [9.17, 15) is 30.8 Å². The van der Waals surface area contributed by atoms with Crippen LogP contribution in [0.5, 0.6) is 0 Å². The van der Waals surface area contributed by atoms with Crippen LogP contribution in [0.2, 0.25) is 0 Å². The normalized spacial score (nSPS) is 11.8. The Morgan fingerprint density at radius 2 is 1.62 bits per heavy atom. The van der Waals surface area contributed by atoms with Crippen molar-refractivity contribution < 1.29 is 30.8 Å². The van der Waals surface area contributed by atoms with Crippen molar-refractivity contribution in [3.8, 4) is 0 Å². The number of aryl methyl sites for hydroxylation is 1. The number of carbonyl (C=O) groups is 1. The lowest BCUT2D eigenvalue weighted by Gasteiger charge is -2.24. The summed E-state index contributed by atoms with van der Waals surface area (Å²) in [7, 11) is -4.03. The van der Waals surface area contributed by atoms with Gasteiger partial charge in [-0.1, -0.05) is 23.8 Å². The topological polar surface area (TPSA) is 78.5 Å². The van der Waals surface area contributed by atoms with Gasteiger partial charge < -0.3 is 5.32 Å². The lowest BCUT2D eigenvalue weighted by molar-refractivity contribution is -0.137. The molecule has 0 fully saturated rings. The largest absolute Gasteiger partial charge is 0.416 e. The number of hydrogen-bond donors (Lipinski definition) is 2. The predicted octanol–water partition coefficient (Wildman–Crippen LogP) is 5.17. The van der Waals surface area contributed by atoms with Crippen LogP contribution in [-0.4, -0.2) is 27.5 Å². The Morgan fingerprint density at radius 1 is 0.971 bits per heavy atom. The number of rotatable bonds is 7. The predicted molar refractivity (Wildman–Crippen MR) is 121 cm³/mol. The zero-order valence-electron chi connectivity index (χ0n) is 17.9. The molecule has 180 valence electrons. The third-order valence-corrected chi connectivity index (χ3v) is 6.26. The highest BCUT2D eigenvalue weighted by Gasteiger charge is 2.31. The van der Waals surface area contributed by atoms with Crippen LogP contribution in [0.1, 0.15) is 11.1 Å². The number of carbonyl (C=O) groups excluding carboxylic acids is 1. The van der Waals surface area contributed by atoms with Crippen molar-refractivity contribution in [3.05, 3.63) is 89.7 Å². The molecular weight excluding hydrogens is 474 g/mol. The van der Waals surface area contributed by atoms with E-state index in [1.165, 1.54) is 6.07 Å². The molecule has 0 radical (unpaired) electrons. The molecule has 0 spiro atoms. The first-order valence-corrected chi connectivity index (χ1v) is 11.5. The number of alkyl halides is 3. The summed E-state index contributed by atoms with van der Waals surface area (Å²) in [4.78, 5) is 13.7. The minimum absolute atomic E-state index is 0.0691. The zero-order valence-corrected chi connectivity index (χ0v) is 18.8. The summed E-state index contributed by atoms with van der Waals surface area (Å²) in [6.45, 7) is 1.27. The van der Waals surface area contributed by atoms with E-state index in [4.69, 9.17) is 0 Å². The van der Waals surface area contributed by atoms with Crippen molar-refractivity contribution >= 4 is 27.4 Å². The highest BCUT2D eigenvalue weighted by atomic mass is 32.2. The van der Waals surface area contributed by atoms with E-state index >= 15 is 0 Å². The van der Waals surface area contributed by atoms with Crippen LogP contribution in [0.15, 0.2) is 77.7 Å². The van der Waals surface area contributed by atoms with Gasteiger partial charge in [-0.05, 0) is 61.5 Å². The fourth-order valence-corrected chi connectivity index (χ4v) is 4.04. The van der Waals surface area contributed by atoms with Crippen molar-refractivity contribution in [2.75, 3.05) is 23.3 Å². The highest BCUT2D eigenvalue weighted by Crippen LogP contribution is 2.31. The Kier molecular flexibility index (Phi) is 7.57. The average Bonchev–Trinajstić information content (AvgIpc) is 2.78. The van der Waals surface area contributed by atoms with Crippen LogP contribution in [0.25, 0.3) is 0 Å². The third kappa shape index (κ3) is 6.55. The quantitative estimate of drug-likeness (QED) is 0.444. The van der Waals surface area contributed by atoms with Crippen LogP contribution in [0.4, 0.5) is 33.7 Å². The fourth-order valence-electron chi connectivity index (χ4n) is 3.01. The van der Waals surface area contributed by atoms with E-state index in [-0.39, 0.29) is 23.7 Å². The third-order valence-electron chi connectivity index (χ3n) is 4.78. The standard InChI is InChI=1S/C23H21F4N3O3S/c1-16-5-9-19(10-6-16)29-22(31)30(20-4-2-3-17(15-20)23(25,26)27)14-13-28-34(32,33)21-11-7-18(24)8-12-21/h2-12,15,28H,13-14H2,1H3,(H,29,31). The monoisotopic (exact) mass is 495 g/mol. The molecule has 0 heterocycles. The molecule has 2 N–H and O–H groups in total. The van der Waals surface area contributed by atoms with E-state index < -0.39 is 33.6 Å². The highest BCUT2D eigenvalue weighted by molar-refractivity contribution is 7.89. The van der Waals surface area contributed by atoms with Crippen LogP contribution in [0.3, 0.4) is 0 Å². The Morgan fingerprint density at radius 3 is 2.24 bits per heavy atom. The van der Waals surface area contributed by atoms with Gasteiger partial charge in [0.15, 0.2) is 0 Å². The van der Waals surface area contributed by atoms with Gasteiger partial charge >= 0.3 is 12.2 Å². The number of anilines is 2. The summed E-state index contributed by atoms with van der Waals surface area (Å²) in [6, 6.07) is 14.3. The molecular formula is C23H21F4N3O3S. The smallest absolute Gasteiger partial charge is 0.308 e. The molecule has 3 aromatic carbocycles. The molecule has 0 atom stereocenters. The molecule has 0 saturated heterocycles. The number of halogens is 4. The SMILES string of the molecule is Cc1ccc(NC(=O)N(CCNS(=O)(=O)c2ccc(F)cc2)c2cccc(C(F)(F)F)c2)cc1. The van der Waals surface area contributed by atoms with E-state index in [1.54, 1.807) is 24.3 Å². The van der Waals surface area contributed by atoms with Gasteiger partial charge in [0.05, 0.1) is 10.5 Å². The van der Waals surface area contributed by atoms with Gasteiger partial charge in [-0.2, -0.15) is 13.2 Å². The summed E-state index contributed by atoms with van der Waals surface area (Å²) in [5.41, 5.74) is 0.341. The first-order valence-electron chi connectivity index (χ1n) is 10.0. The van der Waals surface area contributed by atoms with E-state index in [1.807, 2.05) is 6.92 Å². The molecule has 0 bridgehead atoms. The summed E-state index contributed by atoms with van der Waals surface area (Å²) in [5, 5.41) is 2.60. The molecule has 0 saturated carbocycles. The molecule has 3 rings (SSSR count). The van der Waals surface area contributed by atoms with Crippen LogP contribution in [0, 0.1) is 12.7 Å². The van der Waals surface area contributed by atoms with Gasteiger partial charge in [0.1, 0.15) is 5.82 Å². The summed E-state index contributed by atoms with van der Waals surface area (Å²) in [5.74, 6) is -0.609. The number of benzene rings is 3. The van der Waals surface area contributed by atoms with Crippen LogP contribution < -0.4 is 14.9 Å². The summed E-state index contributed by atoms with van der Waals surface area (Å²) >= 11 is 0. The van der Waals surface area contributed by atoms with Gasteiger partial charge in [0.2, 0.25) is 10.0 Å². The van der Waals surface area contributed by atoms with Crippen molar-refractivity contribution in [3.63, 3.8) is 0 Å². The fraction of sp³-hybridized carbons (Fsp3) is 0.174. The van der Waals surface area contributed by atoms with E-state index in [2.05, 4.69) is 10.0 Å². The molecule has 0 aliphatic rings. The Balaban J connectivity index is 1.82. The Labute approximate surface area is 194 Å². The van der Waals surface area contributed by atoms with Crippen molar-refractivity contribution in [2.45, 2.75) is 18.0 Å². The molecule has 34 heavy (non-hydrogen) atoms. The second kappa shape index (κ2) is 10.2. The van der Waals surface area contributed by atoms with E-state index in [0.717, 1.165) is 52.9 Å². The lowest BCUT2D eigenvalue weighted by atomic mass is 10.2. The molecule has 6 nitrogen and oxygen atoms in total. The Bertz CT molecular complexity index is 1250. The van der Waals surface area contributed by atoms with Crippen molar-refractivity contribution in [1.82, 2.24) is 4.72 Å². The maximum atomic E-state index is 13.2. The molecule has 0 aliphatic carbocycles. The van der Waals surface area contributed by atoms with Gasteiger partial charge in [-0.3, -0.25) is 4.90 Å². The zero-order chi connectivity index (χ0) is 24.9. The molecule has 0 aromatic heterocycles. The first-order chi connectivity index (χ1) is 16.0. The van der Waals surface area contributed by atoms with Crippen molar-refractivity contribution in [2.24, 2.45) is 0 Å². The summed E-state index contributed by atoms with van der Waals surface area (Å²) in [6.07, 6.45) is -4.63. The summed E-state index contributed by atoms with van der Waals surface area (Å²) < 4.78 is 79.8. The minimum Gasteiger partial charge on any atom is -0.308 e. The van der Waals surface area contributed by atoms with Crippen LogP contribution >= 0.6 is 0 Å². The minimum atomic E-state index is -4.63. The molecule has 3 aromatic rings. The second-order valence-corrected chi connectivity index (χ2v) is 9.11.